The van der Waals surface area contributed by atoms with Crippen molar-refractivity contribution in [1.29, 1.82) is 0 Å². The fourth-order valence-electron chi connectivity index (χ4n) is 4.86. The number of anilines is 1. The predicted octanol–water partition coefficient (Wildman–Crippen LogP) is 5.71. The SMILES string of the molecule is CCOC(=O)c1c(NC(=O)C(CC)OC(=O)c2cnc3ccccc3n2)sc2c1CCC(c1ccccc1)C2. The second-order valence-corrected chi connectivity index (χ2v) is 10.4. The largest absolute Gasteiger partial charge is 0.462 e. The van der Waals surface area contributed by atoms with E-state index in [2.05, 4.69) is 27.4 Å². The van der Waals surface area contributed by atoms with E-state index >= 15 is 0 Å². The van der Waals surface area contributed by atoms with E-state index in [0.717, 1.165) is 23.3 Å². The smallest absolute Gasteiger partial charge is 0.359 e. The third-order valence-electron chi connectivity index (χ3n) is 6.82. The van der Waals surface area contributed by atoms with Crippen LogP contribution in [0.15, 0.2) is 60.8 Å². The van der Waals surface area contributed by atoms with E-state index in [9.17, 15) is 14.4 Å². The van der Waals surface area contributed by atoms with Gasteiger partial charge in [0.25, 0.3) is 5.91 Å². The monoisotopic (exact) mass is 543 g/mol. The van der Waals surface area contributed by atoms with Gasteiger partial charge in [-0.15, -0.1) is 11.3 Å². The maximum absolute atomic E-state index is 13.3. The van der Waals surface area contributed by atoms with Crippen LogP contribution >= 0.6 is 11.3 Å². The number of hydrogen-bond donors (Lipinski definition) is 1. The minimum atomic E-state index is -1.07. The van der Waals surface area contributed by atoms with Gasteiger partial charge >= 0.3 is 11.9 Å². The summed E-state index contributed by atoms with van der Waals surface area (Å²) in [5.74, 6) is -1.37. The number of nitrogens with zero attached hydrogens (tertiary/aromatic N) is 2. The van der Waals surface area contributed by atoms with Gasteiger partial charge in [0.15, 0.2) is 11.8 Å². The Morgan fingerprint density at radius 2 is 1.77 bits per heavy atom. The molecule has 1 aliphatic rings. The second-order valence-electron chi connectivity index (χ2n) is 9.31. The number of fused-ring (bicyclic) bond motifs is 2. The molecule has 2 aromatic carbocycles. The third-order valence-corrected chi connectivity index (χ3v) is 7.99. The van der Waals surface area contributed by atoms with Crippen LogP contribution in [0.5, 0.6) is 0 Å². The molecular formula is C30H29N3O5S. The van der Waals surface area contributed by atoms with Crippen LogP contribution in [0.3, 0.4) is 0 Å². The van der Waals surface area contributed by atoms with E-state index in [-0.39, 0.29) is 18.7 Å². The van der Waals surface area contributed by atoms with Crippen molar-refractivity contribution in [3.05, 3.63) is 88.1 Å². The molecule has 2 unspecified atom stereocenters. The number of esters is 2. The maximum atomic E-state index is 13.3. The predicted molar refractivity (Wildman–Crippen MR) is 149 cm³/mol. The molecule has 200 valence electrons. The van der Waals surface area contributed by atoms with Crippen LogP contribution in [0, 0.1) is 0 Å². The van der Waals surface area contributed by atoms with Crippen molar-refractivity contribution in [3.63, 3.8) is 0 Å². The number of aromatic nitrogens is 2. The van der Waals surface area contributed by atoms with Crippen molar-refractivity contribution in [1.82, 2.24) is 9.97 Å². The molecule has 5 rings (SSSR count). The van der Waals surface area contributed by atoms with Crippen LogP contribution in [-0.4, -0.2) is 40.5 Å². The van der Waals surface area contributed by atoms with Crippen molar-refractivity contribution >= 4 is 45.2 Å². The maximum Gasteiger partial charge on any atom is 0.359 e. The lowest BCUT2D eigenvalue weighted by atomic mass is 9.83. The van der Waals surface area contributed by atoms with E-state index < -0.39 is 23.9 Å². The van der Waals surface area contributed by atoms with Crippen LogP contribution < -0.4 is 5.32 Å². The zero-order chi connectivity index (χ0) is 27.4. The Morgan fingerprint density at radius 1 is 1.03 bits per heavy atom. The van der Waals surface area contributed by atoms with Crippen molar-refractivity contribution in [3.8, 4) is 0 Å². The normalized spacial score (nSPS) is 15.3. The zero-order valence-corrected chi connectivity index (χ0v) is 22.6. The summed E-state index contributed by atoms with van der Waals surface area (Å²) in [7, 11) is 0. The van der Waals surface area contributed by atoms with Gasteiger partial charge in [0, 0.05) is 4.88 Å². The van der Waals surface area contributed by atoms with Crippen LogP contribution in [0.25, 0.3) is 11.0 Å². The molecular weight excluding hydrogens is 514 g/mol. The molecule has 8 nitrogen and oxygen atoms in total. The number of rotatable bonds is 8. The Kier molecular flexibility index (Phi) is 7.97. The number of hydrogen-bond acceptors (Lipinski definition) is 8. The Labute approximate surface area is 230 Å². The van der Waals surface area contributed by atoms with Crippen LogP contribution in [0.2, 0.25) is 0 Å². The van der Waals surface area contributed by atoms with Gasteiger partial charge in [0.05, 0.1) is 29.4 Å². The van der Waals surface area contributed by atoms with Crippen LogP contribution in [-0.2, 0) is 27.1 Å². The average Bonchev–Trinajstić information content (AvgIpc) is 3.33. The first kappa shape index (κ1) is 26.5. The molecule has 0 saturated carbocycles. The van der Waals surface area contributed by atoms with E-state index in [4.69, 9.17) is 9.47 Å². The summed E-state index contributed by atoms with van der Waals surface area (Å²) in [6.07, 6.45) is 2.90. The summed E-state index contributed by atoms with van der Waals surface area (Å²) in [5.41, 5.74) is 3.82. The standard InChI is InChI=1S/C30H29N3O5S/c1-3-24(38-29(35)23-17-31-21-12-8-9-13-22(21)32-23)27(34)33-28-26(30(36)37-4-2)20-15-14-19(16-25(20)39-28)18-10-6-5-7-11-18/h5-13,17,19,24H,3-4,14-16H2,1-2H3,(H,33,34). The Bertz CT molecular complexity index is 1520. The molecule has 0 saturated heterocycles. The molecule has 39 heavy (non-hydrogen) atoms. The lowest BCUT2D eigenvalue weighted by molar-refractivity contribution is -0.124. The number of para-hydroxylation sites is 2. The fourth-order valence-corrected chi connectivity index (χ4v) is 6.18. The molecule has 0 bridgehead atoms. The first-order valence-electron chi connectivity index (χ1n) is 13.1. The first-order valence-corrected chi connectivity index (χ1v) is 13.9. The minimum Gasteiger partial charge on any atom is -0.462 e. The van der Waals surface area contributed by atoms with Crippen molar-refractivity contribution in [2.75, 3.05) is 11.9 Å². The number of carbonyl (C=O) groups is 3. The molecule has 0 radical (unpaired) electrons. The zero-order valence-electron chi connectivity index (χ0n) is 21.8. The molecule has 2 atom stereocenters. The molecule has 1 aliphatic carbocycles. The molecule has 2 heterocycles. The summed E-state index contributed by atoms with van der Waals surface area (Å²) >= 11 is 1.39. The highest BCUT2D eigenvalue weighted by molar-refractivity contribution is 7.17. The fraction of sp³-hybridized carbons (Fsp3) is 0.300. The highest BCUT2D eigenvalue weighted by atomic mass is 32.1. The highest BCUT2D eigenvalue weighted by Crippen LogP contribution is 2.43. The molecule has 9 heteroatoms. The van der Waals surface area contributed by atoms with E-state index in [1.807, 2.05) is 24.3 Å². The van der Waals surface area contributed by atoms with E-state index in [1.165, 1.54) is 23.1 Å². The molecule has 0 fully saturated rings. The van der Waals surface area contributed by atoms with Crippen LogP contribution in [0.4, 0.5) is 5.00 Å². The van der Waals surface area contributed by atoms with E-state index in [0.29, 0.717) is 33.9 Å². The number of benzene rings is 2. The number of nitrogens with one attached hydrogen (secondary N) is 1. The van der Waals surface area contributed by atoms with Crippen molar-refractivity contribution < 1.29 is 23.9 Å². The summed E-state index contributed by atoms with van der Waals surface area (Å²) in [6.45, 7) is 3.73. The van der Waals surface area contributed by atoms with Gasteiger partial charge in [-0.1, -0.05) is 49.4 Å². The number of carbonyl (C=O) groups excluding carboxylic acids is 3. The average molecular weight is 544 g/mol. The summed E-state index contributed by atoms with van der Waals surface area (Å²) in [4.78, 5) is 48.7. The summed E-state index contributed by atoms with van der Waals surface area (Å²) in [5, 5.41) is 3.29. The van der Waals surface area contributed by atoms with E-state index in [1.54, 1.807) is 32.0 Å². The van der Waals surface area contributed by atoms with Gasteiger partial charge in [-0.3, -0.25) is 9.78 Å². The lowest BCUT2D eigenvalue weighted by Crippen LogP contribution is -2.32. The molecule has 0 spiro atoms. The summed E-state index contributed by atoms with van der Waals surface area (Å²) in [6, 6.07) is 17.5. The molecule has 0 aliphatic heterocycles. The first-order chi connectivity index (χ1) is 19.0. The van der Waals surface area contributed by atoms with Gasteiger partial charge in [-0.25, -0.2) is 14.6 Å². The van der Waals surface area contributed by atoms with Gasteiger partial charge in [-0.2, -0.15) is 0 Å². The van der Waals surface area contributed by atoms with Gasteiger partial charge in [0.1, 0.15) is 5.00 Å². The van der Waals surface area contributed by atoms with Crippen molar-refractivity contribution in [2.24, 2.45) is 0 Å². The molecule has 1 amide bonds. The molecule has 2 aromatic heterocycles. The van der Waals surface area contributed by atoms with Gasteiger partial charge < -0.3 is 14.8 Å². The lowest BCUT2D eigenvalue weighted by Gasteiger charge is -2.23. The second kappa shape index (κ2) is 11.7. The Balaban J connectivity index is 1.36. The van der Waals surface area contributed by atoms with Gasteiger partial charge in [0.2, 0.25) is 0 Å². The topological polar surface area (TPSA) is 107 Å². The number of amides is 1. The molecule has 4 aromatic rings. The number of ether oxygens (including phenoxy) is 2. The van der Waals surface area contributed by atoms with Crippen LogP contribution in [0.1, 0.15) is 69.5 Å². The Hall–Kier alpha value is -4.11. The number of thiophene rings is 1. The summed E-state index contributed by atoms with van der Waals surface area (Å²) < 4.78 is 10.9. The minimum absolute atomic E-state index is 0.0192. The Morgan fingerprint density at radius 3 is 2.51 bits per heavy atom. The van der Waals surface area contributed by atoms with Gasteiger partial charge in [-0.05, 0) is 61.8 Å². The van der Waals surface area contributed by atoms with Crippen molar-refractivity contribution in [2.45, 2.75) is 51.6 Å². The quantitative estimate of drug-likeness (QED) is 0.284. The highest BCUT2D eigenvalue weighted by Gasteiger charge is 2.32. The molecule has 1 N–H and O–H groups in total. The third kappa shape index (κ3) is 5.68.